The Morgan fingerprint density at radius 1 is 1.16 bits per heavy atom. The van der Waals surface area contributed by atoms with Crippen LogP contribution in [0.5, 0.6) is 0 Å². The molecule has 1 aliphatic heterocycles. The van der Waals surface area contributed by atoms with E-state index in [4.69, 9.17) is 0 Å². The molecule has 1 aromatic carbocycles. The van der Waals surface area contributed by atoms with E-state index in [-0.39, 0.29) is 17.0 Å². The first-order chi connectivity index (χ1) is 14.8. The van der Waals surface area contributed by atoms with Crippen LogP contribution in [0.25, 0.3) is 6.08 Å². The lowest BCUT2D eigenvalue weighted by atomic mass is 9.92. The number of benzene rings is 1. The quantitative estimate of drug-likeness (QED) is 0.586. The fourth-order valence-electron chi connectivity index (χ4n) is 3.30. The van der Waals surface area contributed by atoms with E-state index in [0.29, 0.717) is 11.8 Å². The highest BCUT2D eigenvalue weighted by molar-refractivity contribution is 8.18. The number of carbonyl (C=O) groups is 2. The highest BCUT2D eigenvalue weighted by Gasteiger charge is 2.43. The Kier molecular flexibility index (Phi) is 5.46. The summed E-state index contributed by atoms with van der Waals surface area (Å²) in [6.07, 6.45) is 6.09. The van der Waals surface area contributed by atoms with E-state index in [1.165, 1.54) is 12.4 Å². The van der Waals surface area contributed by atoms with Gasteiger partial charge in [-0.25, -0.2) is 8.78 Å². The van der Waals surface area contributed by atoms with Crippen molar-refractivity contribution in [1.82, 2.24) is 24.5 Å². The lowest BCUT2D eigenvalue weighted by molar-refractivity contribution is -0.126. The number of halogens is 2. The summed E-state index contributed by atoms with van der Waals surface area (Å²) in [5, 5.41) is 18.6. The molecule has 2 amide bonds. The van der Waals surface area contributed by atoms with Gasteiger partial charge in [0.15, 0.2) is 0 Å². The van der Waals surface area contributed by atoms with Crippen molar-refractivity contribution in [1.29, 1.82) is 0 Å². The highest BCUT2D eigenvalue weighted by Crippen LogP contribution is 2.36. The van der Waals surface area contributed by atoms with Crippen molar-refractivity contribution < 1.29 is 23.5 Å². The maximum absolute atomic E-state index is 14.6. The van der Waals surface area contributed by atoms with E-state index >= 15 is 0 Å². The number of amides is 2. The van der Waals surface area contributed by atoms with Gasteiger partial charge in [-0.1, -0.05) is 6.07 Å². The second-order valence-corrected chi connectivity index (χ2v) is 8.02. The molecule has 1 fully saturated rings. The molecule has 31 heavy (non-hydrogen) atoms. The normalized spacial score (nSPS) is 17.5. The van der Waals surface area contributed by atoms with E-state index in [1.807, 2.05) is 0 Å². The van der Waals surface area contributed by atoms with Crippen molar-refractivity contribution in [3.8, 4) is 0 Å². The summed E-state index contributed by atoms with van der Waals surface area (Å²) in [7, 11) is 1.79. The number of thioether (sulfide) groups is 1. The first-order valence-electron chi connectivity index (χ1n) is 9.15. The van der Waals surface area contributed by atoms with Crippen LogP contribution in [0.3, 0.4) is 0 Å². The summed E-state index contributed by atoms with van der Waals surface area (Å²) < 4.78 is 29.8. The monoisotopic (exact) mass is 445 g/mol. The Bertz CT molecular complexity index is 1180. The molecule has 4 rings (SSSR count). The maximum atomic E-state index is 14.6. The van der Waals surface area contributed by atoms with E-state index in [1.54, 1.807) is 36.0 Å². The van der Waals surface area contributed by atoms with E-state index in [9.17, 15) is 23.5 Å². The second kappa shape index (κ2) is 8.08. The highest BCUT2D eigenvalue weighted by atomic mass is 32.2. The zero-order valence-corrected chi connectivity index (χ0v) is 17.1. The van der Waals surface area contributed by atoms with Crippen LogP contribution in [0.15, 0.2) is 53.8 Å². The number of hydrogen-bond acceptors (Lipinski definition) is 6. The minimum absolute atomic E-state index is 0.172. The molecule has 1 saturated heterocycles. The first-order valence-corrected chi connectivity index (χ1v) is 9.97. The third-order valence-corrected chi connectivity index (χ3v) is 5.77. The van der Waals surface area contributed by atoms with Crippen LogP contribution in [0.4, 0.5) is 13.6 Å². The van der Waals surface area contributed by atoms with Crippen LogP contribution in [-0.4, -0.2) is 47.3 Å². The van der Waals surface area contributed by atoms with Gasteiger partial charge in [0.1, 0.15) is 17.2 Å². The molecule has 8 nitrogen and oxygen atoms in total. The van der Waals surface area contributed by atoms with Crippen molar-refractivity contribution in [2.24, 2.45) is 7.05 Å². The minimum atomic E-state index is -2.09. The molecule has 1 unspecified atom stereocenters. The summed E-state index contributed by atoms with van der Waals surface area (Å²) in [5.41, 5.74) is -1.66. The summed E-state index contributed by atoms with van der Waals surface area (Å²) in [6, 6.07) is 6.26. The number of aromatic nitrogens is 4. The molecule has 1 atom stereocenters. The Morgan fingerprint density at radius 3 is 2.55 bits per heavy atom. The molecule has 0 bridgehead atoms. The van der Waals surface area contributed by atoms with Gasteiger partial charge in [-0.3, -0.25) is 14.5 Å². The van der Waals surface area contributed by atoms with Crippen molar-refractivity contribution in [3.05, 3.63) is 76.7 Å². The number of rotatable bonds is 6. The zero-order valence-electron chi connectivity index (χ0n) is 16.3. The Balaban J connectivity index is 1.68. The van der Waals surface area contributed by atoms with Crippen molar-refractivity contribution in [3.63, 3.8) is 0 Å². The number of nitrogens with zero attached hydrogens (tertiary/aromatic N) is 5. The fraction of sp³-hybridized carbons (Fsp3) is 0.200. The van der Waals surface area contributed by atoms with Crippen molar-refractivity contribution >= 4 is 29.0 Å². The van der Waals surface area contributed by atoms with Gasteiger partial charge in [-0.05, 0) is 36.0 Å². The largest absolute Gasteiger partial charge is 0.381 e. The van der Waals surface area contributed by atoms with Gasteiger partial charge in [-0.15, -0.1) is 0 Å². The number of β-amino-alcohol motifs (C(OH)–C–C–N with tert-alkyl or cyclic N) is 1. The van der Waals surface area contributed by atoms with Crippen molar-refractivity contribution in [2.75, 3.05) is 6.54 Å². The average Bonchev–Trinajstić information content (AvgIpc) is 3.41. The van der Waals surface area contributed by atoms with Crippen LogP contribution < -0.4 is 0 Å². The van der Waals surface area contributed by atoms with Gasteiger partial charge in [0.05, 0.1) is 30.4 Å². The molecule has 0 spiro atoms. The SMILES string of the molecule is Cn1cccc1/C=C1\SC(=O)N(CC(O)(Cn2nccn2)c2ccc(F)cc2F)C1=O. The molecule has 0 saturated carbocycles. The Labute approximate surface area is 179 Å². The molecule has 1 N–H and O–H groups in total. The predicted octanol–water partition coefficient (Wildman–Crippen LogP) is 2.52. The van der Waals surface area contributed by atoms with Crippen LogP contribution in [0.1, 0.15) is 11.3 Å². The van der Waals surface area contributed by atoms with E-state index in [0.717, 1.165) is 33.6 Å². The van der Waals surface area contributed by atoms with Crippen LogP contribution in [0, 0.1) is 11.6 Å². The summed E-state index contributed by atoms with van der Waals surface area (Å²) in [5.74, 6) is -2.45. The number of carbonyl (C=O) groups excluding carboxylic acids is 2. The van der Waals surface area contributed by atoms with E-state index < -0.39 is 34.9 Å². The molecule has 0 aliphatic carbocycles. The lowest BCUT2D eigenvalue weighted by Gasteiger charge is -2.31. The van der Waals surface area contributed by atoms with Crippen LogP contribution >= 0.6 is 11.8 Å². The standard InChI is InChI=1S/C20H17F2N5O3S/c1-25-8-2-3-14(25)10-17-18(28)26(19(29)31-17)11-20(30,12-27-23-6-7-24-27)15-5-4-13(21)9-16(15)22/h2-10,30H,11-12H2,1H3/b17-10-. The van der Waals surface area contributed by atoms with Gasteiger partial charge in [0.25, 0.3) is 11.1 Å². The van der Waals surface area contributed by atoms with E-state index in [2.05, 4.69) is 10.2 Å². The van der Waals surface area contributed by atoms with Gasteiger partial charge >= 0.3 is 0 Å². The third-order valence-electron chi connectivity index (χ3n) is 4.86. The topological polar surface area (TPSA) is 93.2 Å². The Hall–Kier alpha value is -3.31. The van der Waals surface area contributed by atoms with Gasteiger partial charge in [-0.2, -0.15) is 15.0 Å². The molecule has 2 aromatic heterocycles. The molecule has 160 valence electrons. The minimum Gasteiger partial charge on any atom is -0.381 e. The maximum Gasteiger partial charge on any atom is 0.293 e. The molecule has 3 heterocycles. The predicted molar refractivity (Wildman–Crippen MR) is 108 cm³/mol. The van der Waals surface area contributed by atoms with Gasteiger partial charge in [0, 0.05) is 30.6 Å². The van der Waals surface area contributed by atoms with Crippen molar-refractivity contribution in [2.45, 2.75) is 12.1 Å². The third kappa shape index (κ3) is 4.14. The van der Waals surface area contributed by atoms with Crippen LogP contribution in [0.2, 0.25) is 0 Å². The van der Waals surface area contributed by atoms with Gasteiger partial charge < -0.3 is 9.67 Å². The number of aliphatic hydroxyl groups is 1. The number of aryl methyl sites for hydroxylation is 1. The first kappa shape index (κ1) is 20.9. The number of imide groups is 1. The smallest absolute Gasteiger partial charge is 0.293 e. The summed E-state index contributed by atoms with van der Waals surface area (Å²) in [6.45, 7) is -0.923. The lowest BCUT2D eigenvalue weighted by Crippen LogP contribution is -2.46. The second-order valence-electron chi connectivity index (χ2n) is 7.03. The fourth-order valence-corrected chi connectivity index (χ4v) is 4.13. The molecular formula is C20H17F2N5O3S. The molecular weight excluding hydrogens is 428 g/mol. The van der Waals surface area contributed by atoms with Gasteiger partial charge in [0.2, 0.25) is 0 Å². The van der Waals surface area contributed by atoms with Crippen LogP contribution in [-0.2, 0) is 24.0 Å². The number of hydrogen-bond donors (Lipinski definition) is 1. The zero-order chi connectivity index (χ0) is 22.2. The Morgan fingerprint density at radius 2 is 1.90 bits per heavy atom. The molecule has 11 heteroatoms. The average molecular weight is 445 g/mol. The summed E-state index contributed by atoms with van der Waals surface area (Å²) in [4.78, 5) is 27.6. The summed E-state index contributed by atoms with van der Waals surface area (Å²) >= 11 is 0.722. The molecule has 3 aromatic rings. The molecule has 0 radical (unpaired) electrons. The molecule has 1 aliphatic rings.